The maximum Gasteiger partial charge on any atom is 0.327 e. The van der Waals surface area contributed by atoms with Gasteiger partial charge in [-0.25, -0.2) is 4.79 Å². The van der Waals surface area contributed by atoms with Crippen molar-refractivity contribution in [1.29, 1.82) is 0 Å². The molecular formula is C13H15N3O2. The molecular weight excluding hydrogens is 230 g/mol. The first-order chi connectivity index (χ1) is 8.60. The Bertz CT molecular complexity index is 653. The number of rotatable bonds is 3. The molecule has 0 amide bonds. The second-order valence-electron chi connectivity index (χ2n) is 4.11. The highest BCUT2D eigenvalue weighted by atomic mass is 16.2. The van der Waals surface area contributed by atoms with Gasteiger partial charge in [-0.15, -0.1) is 0 Å². The molecule has 2 aromatic rings. The smallest absolute Gasteiger partial charge is 0.327 e. The SMILES string of the molecule is CCc1c(Nc2ccc(C)cc2)[nH]c(=O)[nH]c1=O. The van der Waals surface area contributed by atoms with E-state index in [1.54, 1.807) is 0 Å². The molecule has 5 heteroatoms. The highest BCUT2D eigenvalue weighted by molar-refractivity contribution is 5.58. The number of nitrogens with one attached hydrogen (secondary N) is 3. The monoisotopic (exact) mass is 245 g/mol. The molecule has 0 fully saturated rings. The van der Waals surface area contributed by atoms with Crippen LogP contribution in [-0.2, 0) is 6.42 Å². The second kappa shape index (κ2) is 4.91. The first-order valence-electron chi connectivity index (χ1n) is 5.79. The third-order valence-electron chi connectivity index (χ3n) is 2.72. The lowest BCUT2D eigenvalue weighted by Crippen LogP contribution is -2.26. The van der Waals surface area contributed by atoms with Crippen molar-refractivity contribution in [3.63, 3.8) is 0 Å². The normalized spacial score (nSPS) is 10.3. The van der Waals surface area contributed by atoms with Gasteiger partial charge < -0.3 is 5.32 Å². The van der Waals surface area contributed by atoms with E-state index < -0.39 is 5.69 Å². The van der Waals surface area contributed by atoms with E-state index in [1.165, 1.54) is 0 Å². The Labute approximate surface area is 104 Å². The number of hydrogen-bond donors (Lipinski definition) is 3. The highest BCUT2D eigenvalue weighted by Gasteiger charge is 2.07. The summed E-state index contributed by atoms with van der Waals surface area (Å²) in [7, 11) is 0. The number of H-pyrrole nitrogens is 2. The van der Waals surface area contributed by atoms with Crippen LogP contribution in [0.3, 0.4) is 0 Å². The Morgan fingerprint density at radius 2 is 1.78 bits per heavy atom. The Balaban J connectivity index is 2.42. The van der Waals surface area contributed by atoms with Crippen molar-refractivity contribution in [3.8, 4) is 0 Å². The predicted molar refractivity (Wildman–Crippen MR) is 71.5 cm³/mol. The molecule has 0 atom stereocenters. The van der Waals surface area contributed by atoms with Gasteiger partial charge in [0.15, 0.2) is 0 Å². The van der Waals surface area contributed by atoms with E-state index in [2.05, 4.69) is 15.3 Å². The van der Waals surface area contributed by atoms with Crippen LogP contribution in [0.1, 0.15) is 18.1 Å². The van der Waals surface area contributed by atoms with Crippen LogP contribution in [0, 0.1) is 6.92 Å². The fourth-order valence-electron chi connectivity index (χ4n) is 1.74. The van der Waals surface area contributed by atoms with Gasteiger partial charge in [0.1, 0.15) is 5.82 Å². The summed E-state index contributed by atoms with van der Waals surface area (Å²) in [6, 6.07) is 7.71. The third kappa shape index (κ3) is 2.51. The number of benzene rings is 1. The molecule has 0 aliphatic carbocycles. The standard InChI is InChI=1S/C13H15N3O2/c1-3-10-11(15-13(18)16-12(10)17)14-9-6-4-8(2)5-7-9/h4-7H,3H2,1-2H3,(H3,14,15,16,17,18). The molecule has 0 unspecified atom stereocenters. The largest absolute Gasteiger partial charge is 0.341 e. The molecule has 0 bridgehead atoms. The van der Waals surface area contributed by atoms with Crippen LogP contribution in [0.4, 0.5) is 11.5 Å². The summed E-state index contributed by atoms with van der Waals surface area (Å²) in [5.41, 5.74) is 1.66. The quantitative estimate of drug-likeness (QED) is 0.769. The molecule has 1 heterocycles. The minimum absolute atomic E-state index is 0.351. The van der Waals surface area contributed by atoms with Crippen LogP contribution >= 0.6 is 0 Å². The van der Waals surface area contributed by atoms with E-state index in [0.29, 0.717) is 17.8 Å². The van der Waals surface area contributed by atoms with Crippen molar-refractivity contribution in [2.75, 3.05) is 5.32 Å². The van der Waals surface area contributed by atoms with E-state index >= 15 is 0 Å². The van der Waals surface area contributed by atoms with Crippen LogP contribution in [0.2, 0.25) is 0 Å². The molecule has 0 radical (unpaired) electrons. The van der Waals surface area contributed by atoms with Crippen LogP contribution < -0.4 is 16.6 Å². The lowest BCUT2D eigenvalue weighted by Gasteiger charge is -2.09. The topological polar surface area (TPSA) is 77.8 Å². The van der Waals surface area contributed by atoms with Crippen LogP contribution in [-0.4, -0.2) is 9.97 Å². The van der Waals surface area contributed by atoms with E-state index in [9.17, 15) is 9.59 Å². The summed E-state index contributed by atoms with van der Waals surface area (Å²) in [5, 5.41) is 3.06. The van der Waals surface area contributed by atoms with Gasteiger partial charge in [-0.1, -0.05) is 24.6 Å². The molecule has 0 spiro atoms. The van der Waals surface area contributed by atoms with Crippen molar-refractivity contribution >= 4 is 11.5 Å². The molecule has 18 heavy (non-hydrogen) atoms. The fraction of sp³-hybridized carbons (Fsp3) is 0.231. The minimum atomic E-state index is -0.508. The Kier molecular flexibility index (Phi) is 3.32. The number of hydrogen-bond acceptors (Lipinski definition) is 3. The Morgan fingerprint density at radius 3 is 2.39 bits per heavy atom. The first-order valence-corrected chi connectivity index (χ1v) is 5.79. The van der Waals surface area contributed by atoms with E-state index in [4.69, 9.17) is 0 Å². The van der Waals surface area contributed by atoms with Crippen LogP contribution in [0.5, 0.6) is 0 Å². The van der Waals surface area contributed by atoms with Gasteiger partial charge in [0.25, 0.3) is 5.56 Å². The lowest BCUT2D eigenvalue weighted by molar-refractivity contribution is 0.967. The van der Waals surface area contributed by atoms with E-state index in [0.717, 1.165) is 11.3 Å². The van der Waals surface area contributed by atoms with Crippen molar-refractivity contribution in [2.45, 2.75) is 20.3 Å². The highest BCUT2D eigenvalue weighted by Crippen LogP contribution is 2.16. The summed E-state index contributed by atoms with van der Waals surface area (Å²) in [5.74, 6) is 0.454. The predicted octanol–water partition coefficient (Wildman–Crippen LogP) is 1.68. The Morgan fingerprint density at radius 1 is 1.11 bits per heavy atom. The molecule has 0 aliphatic rings. The second-order valence-corrected chi connectivity index (χ2v) is 4.11. The lowest BCUT2D eigenvalue weighted by atomic mass is 10.2. The molecule has 5 nitrogen and oxygen atoms in total. The number of anilines is 2. The summed E-state index contributed by atoms with van der Waals surface area (Å²) in [6.45, 7) is 3.86. The molecule has 0 saturated heterocycles. The maximum atomic E-state index is 11.6. The zero-order chi connectivity index (χ0) is 13.1. The van der Waals surface area contributed by atoms with Gasteiger partial charge >= 0.3 is 5.69 Å². The van der Waals surface area contributed by atoms with Gasteiger partial charge in [-0.05, 0) is 25.5 Å². The average Bonchev–Trinajstić information content (AvgIpc) is 2.32. The fourth-order valence-corrected chi connectivity index (χ4v) is 1.74. The molecule has 2 rings (SSSR count). The Hall–Kier alpha value is -2.30. The number of aromatic amines is 2. The van der Waals surface area contributed by atoms with Crippen molar-refractivity contribution in [3.05, 3.63) is 56.2 Å². The van der Waals surface area contributed by atoms with Crippen molar-refractivity contribution < 1.29 is 0 Å². The zero-order valence-corrected chi connectivity index (χ0v) is 10.3. The van der Waals surface area contributed by atoms with Gasteiger partial charge in [0.2, 0.25) is 0 Å². The van der Waals surface area contributed by atoms with Gasteiger partial charge in [0, 0.05) is 5.69 Å². The van der Waals surface area contributed by atoms with Crippen molar-refractivity contribution in [1.82, 2.24) is 9.97 Å². The van der Waals surface area contributed by atoms with E-state index in [1.807, 2.05) is 38.1 Å². The molecule has 3 N–H and O–H groups in total. The van der Waals surface area contributed by atoms with Gasteiger partial charge in [-0.3, -0.25) is 14.8 Å². The summed E-state index contributed by atoms with van der Waals surface area (Å²) in [4.78, 5) is 27.7. The first kappa shape index (κ1) is 12.2. The summed E-state index contributed by atoms with van der Waals surface area (Å²) >= 11 is 0. The van der Waals surface area contributed by atoms with Gasteiger partial charge in [0.05, 0.1) is 5.56 Å². The summed E-state index contributed by atoms with van der Waals surface area (Å²) in [6.07, 6.45) is 0.542. The molecule has 1 aromatic heterocycles. The summed E-state index contributed by atoms with van der Waals surface area (Å²) < 4.78 is 0. The van der Waals surface area contributed by atoms with Gasteiger partial charge in [-0.2, -0.15) is 0 Å². The number of aromatic nitrogens is 2. The van der Waals surface area contributed by atoms with E-state index in [-0.39, 0.29) is 5.56 Å². The molecule has 94 valence electrons. The molecule has 0 saturated carbocycles. The van der Waals surface area contributed by atoms with Crippen LogP contribution in [0.25, 0.3) is 0 Å². The minimum Gasteiger partial charge on any atom is -0.341 e. The molecule has 0 aliphatic heterocycles. The molecule has 1 aromatic carbocycles. The number of aryl methyl sites for hydroxylation is 1. The maximum absolute atomic E-state index is 11.6. The third-order valence-corrected chi connectivity index (χ3v) is 2.72. The van der Waals surface area contributed by atoms with Crippen molar-refractivity contribution in [2.24, 2.45) is 0 Å². The average molecular weight is 245 g/mol. The zero-order valence-electron chi connectivity index (χ0n) is 10.3. The van der Waals surface area contributed by atoms with Crippen LogP contribution in [0.15, 0.2) is 33.9 Å².